The van der Waals surface area contributed by atoms with Crippen LogP contribution >= 0.6 is 0 Å². The van der Waals surface area contributed by atoms with Gasteiger partial charge in [-0.15, -0.1) is 0 Å². The molecule has 0 spiro atoms. The van der Waals surface area contributed by atoms with Gasteiger partial charge in [0, 0.05) is 12.1 Å². The van der Waals surface area contributed by atoms with Gasteiger partial charge in [0.05, 0.1) is 12.2 Å². The van der Waals surface area contributed by atoms with Gasteiger partial charge in [0.2, 0.25) is 0 Å². The number of aliphatic hydroxyl groups excluding tert-OH is 2. The summed E-state index contributed by atoms with van der Waals surface area (Å²) in [4.78, 5) is 0. The molecule has 4 nitrogen and oxygen atoms in total. The van der Waals surface area contributed by atoms with Crippen molar-refractivity contribution in [1.29, 1.82) is 0 Å². The minimum absolute atomic E-state index is 0.489. The normalized spacial score (nSPS) is 18.8. The molecule has 2 unspecified atom stereocenters. The summed E-state index contributed by atoms with van der Waals surface area (Å²) in [6.45, 7) is 1.64. The molecule has 0 radical (unpaired) electrons. The van der Waals surface area contributed by atoms with E-state index in [1.165, 1.54) is 0 Å². The van der Waals surface area contributed by atoms with E-state index in [2.05, 4.69) is 0 Å². The van der Waals surface area contributed by atoms with Crippen molar-refractivity contribution in [3.63, 3.8) is 0 Å². The lowest BCUT2D eigenvalue weighted by Crippen LogP contribution is -2.50. The highest BCUT2D eigenvalue weighted by atomic mass is 16.3. The maximum atomic E-state index is 9.76. The van der Waals surface area contributed by atoms with Gasteiger partial charge in [-0.2, -0.15) is 0 Å². The lowest BCUT2D eigenvalue weighted by molar-refractivity contribution is -0.00668. The molecule has 0 aliphatic rings. The second kappa shape index (κ2) is 5.96. The van der Waals surface area contributed by atoms with E-state index in [-0.39, 0.29) is 0 Å². The summed E-state index contributed by atoms with van der Waals surface area (Å²) < 4.78 is 0. The molecule has 0 saturated carbocycles. The van der Waals surface area contributed by atoms with Crippen molar-refractivity contribution < 1.29 is 10.2 Å². The summed E-state index contributed by atoms with van der Waals surface area (Å²) in [6.07, 6.45) is -1.47. The molecule has 4 heteroatoms. The molecule has 90 valence electrons. The third-order valence-corrected chi connectivity index (χ3v) is 2.64. The van der Waals surface area contributed by atoms with Gasteiger partial charge in [0.1, 0.15) is 0 Å². The molecule has 0 amide bonds. The average molecular weight is 224 g/mol. The molecule has 0 aliphatic carbocycles. The molecule has 1 rings (SSSR count). The molecule has 1 aromatic carbocycles. The number of benzene rings is 1. The van der Waals surface area contributed by atoms with Gasteiger partial charge in [-0.05, 0) is 18.9 Å². The Labute approximate surface area is 95.9 Å². The Morgan fingerprint density at radius 1 is 1.06 bits per heavy atom. The Morgan fingerprint density at radius 3 is 2.12 bits per heavy atom. The van der Waals surface area contributed by atoms with Crippen LogP contribution in [0.5, 0.6) is 0 Å². The summed E-state index contributed by atoms with van der Waals surface area (Å²) >= 11 is 0. The summed E-state index contributed by atoms with van der Waals surface area (Å²) in [6, 6.07) is 8.62. The van der Waals surface area contributed by atoms with Crippen molar-refractivity contribution >= 4 is 0 Å². The van der Waals surface area contributed by atoms with E-state index in [1.54, 1.807) is 6.92 Å². The van der Waals surface area contributed by atoms with Crippen LogP contribution in [0.4, 0.5) is 0 Å². The van der Waals surface area contributed by atoms with Crippen LogP contribution in [0.2, 0.25) is 0 Å². The number of hydrogen-bond donors (Lipinski definition) is 4. The number of rotatable bonds is 5. The van der Waals surface area contributed by atoms with Crippen LogP contribution in [0.1, 0.15) is 12.5 Å². The second-order valence-electron chi connectivity index (χ2n) is 4.19. The highest BCUT2D eigenvalue weighted by Gasteiger charge is 2.26. The minimum atomic E-state index is -1.000. The monoisotopic (exact) mass is 224 g/mol. The van der Waals surface area contributed by atoms with E-state index in [0.717, 1.165) is 5.56 Å². The van der Waals surface area contributed by atoms with Crippen molar-refractivity contribution in [2.24, 2.45) is 11.5 Å². The molecule has 0 fully saturated rings. The largest absolute Gasteiger partial charge is 0.389 e. The van der Waals surface area contributed by atoms with Crippen LogP contribution < -0.4 is 11.5 Å². The first-order valence-corrected chi connectivity index (χ1v) is 5.43. The molecule has 1 aromatic rings. The number of nitrogens with two attached hydrogens (primary N) is 2. The van der Waals surface area contributed by atoms with Crippen molar-refractivity contribution in [3.05, 3.63) is 35.9 Å². The summed E-state index contributed by atoms with van der Waals surface area (Å²) in [5.74, 6) is 0. The third kappa shape index (κ3) is 3.57. The molecule has 16 heavy (non-hydrogen) atoms. The molecule has 0 aliphatic heterocycles. The smallest absolute Gasteiger partial charge is 0.0967 e. The zero-order valence-corrected chi connectivity index (χ0v) is 9.45. The van der Waals surface area contributed by atoms with Crippen LogP contribution in [0.3, 0.4) is 0 Å². The predicted molar refractivity (Wildman–Crippen MR) is 63.8 cm³/mol. The van der Waals surface area contributed by atoms with Gasteiger partial charge in [0.15, 0.2) is 0 Å². The molecule has 4 atom stereocenters. The topological polar surface area (TPSA) is 92.5 Å². The first-order valence-electron chi connectivity index (χ1n) is 5.43. The fourth-order valence-corrected chi connectivity index (χ4v) is 1.57. The fourth-order valence-electron chi connectivity index (χ4n) is 1.57. The lowest BCUT2D eigenvalue weighted by atomic mass is 9.96. The van der Waals surface area contributed by atoms with Gasteiger partial charge in [-0.3, -0.25) is 0 Å². The zero-order chi connectivity index (χ0) is 12.1. The quantitative estimate of drug-likeness (QED) is 0.549. The van der Waals surface area contributed by atoms with Crippen molar-refractivity contribution in [1.82, 2.24) is 0 Å². The Bertz CT molecular complexity index is 303. The van der Waals surface area contributed by atoms with E-state index < -0.39 is 24.3 Å². The zero-order valence-electron chi connectivity index (χ0n) is 9.45. The Kier molecular flexibility index (Phi) is 4.89. The first-order chi connectivity index (χ1) is 7.52. The SMILES string of the molecule is C[C@H](N)C(O)C(O)[C@@H](N)Cc1ccccc1. The van der Waals surface area contributed by atoms with Gasteiger partial charge in [-0.1, -0.05) is 30.3 Å². The molecular formula is C12H20N2O2. The second-order valence-corrected chi connectivity index (χ2v) is 4.19. The van der Waals surface area contributed by atoms with Crippen LogP contribution in [0.15, 0.2) is 30.3 Å². The summed E-state index contributed by atoms with van der Waals surface area (Å²) in [7, 11) is 0. The maximum absolute atomic E-state index is 9.76. The molecule has 0 bridgehead atoms. The maximum Gasteiger partial charge on any atom is 0.0967 e. The first kappa shape index (κ1) is 13.1. The standard InChI is InChI=1S/C12H20N2O2/c1-8(13)11(15)12(16)10(14)7-9-5-3-2-4-6-9/h2-6,8,10-12,15-16H,7,13-14H2,1H3/t8-,10-,11?,12?/m0/s1. The highest BCUT2D eigenvalue weighted by Crippen LogP contribution is 2.08. The summed E-state index contributed by atoms with van der Waals surface area (Å²) in [5, 5.41) is 19.4. The number of aliphatic hydroxyl groups is 2. The average Bonchev–Trinajstić information content (AvgIpc) is 2.28. The molecular weight excluding hydrogens is 204 g/mol. The fraction of sp³-hybridized carbons (Fsp3) is 0.500. The number of hydrogen-bond acceptors (Lipinski definition) is 4. The van der Waals surface area contributed by atoms with Crippen molar-refractivity contribution in [3.8, 4) is 0 Å². The predicted octanol–water partition coefficient (Wildman–Crippen LogP) is -0.375. The van der Waals surface area contributed by atoms with Crippen molar-refractivity contribution in [2.45, 2.75) is 37.6 Å². The summed E-state index contributed by atoms with van der Waals surface area (Å²) in [5.41, 5.74) is 12.4. The van der Waals surface area contributed by atoms with Crippen LogP contribution in [0, 0.1) is 0 Å². The van der Waals surface area contributed by atoms with E-state index in [9.17, 15) is 10.2 Å². The lowest BCUT2D eigenvalue weighted by Gasteiger charge is -2.26. The van der Waals surface area contributed by atoms with Gasteiger partial charge in [0.25, 0.3) is 0 Å². The molecule has 0 aromatic heterocycles. The molecule has 0 saturated heterocycles. The van der Waals surface area contributed by atoms with Gasteiger partial charge in [-0.25, -0.2) is 0 Å². The van der Waals surface area contributed by atoms with Gasteiger partial charge >= 0.3 is 0 Å². The third-order valence-electron chi connectivity index (χ3n) is 2.64. The molecule has 6 N–H and O–H groups in total. The van der Waals surface area contributed by atoms with Gasteiger partial charge < -0.3 is 21.7 Å². The van der Waals surface area contributed by atoms with Crippen LogP contribution in [-0.2, 0) is 6.42 Å². The minimum Gasteiger partial charge on any atom is -0.389 e. The Hall–Kier alpha value is -0.940. The Balaban J connectivity index is 2.55. The molecule has 0 heterocycles. The van der Waals surface area contributed by atoms with E-state index in [4.69, 9.17) is 11.5 Å². The van der Waals surface area contributed by atoms with Crippen molar-refractivity contribution in [2.75, 3.05) is 0 Å². The van der Waals surface area contributed by atoms with E-state index in [0.29, 0.717) is 6.42 Å². The van der Waals surface area contributed by atoms with Crippen LogP contribution in [-0.4, -0.2) is 34.5 Å². The van der Waals surface area contributed by atoms with Crippen LogP contribution in [0.25, 0.3) is 0 Å². The van der Waals surface area contributed by atoms with E-state index in [1.807, 2.05) is 30.3 Å². The van der Waals surface area contributed by atoms with E-state index >= 15 is 0 Å². The Morgan fingerprint density at radius 2 is 1.62 bits per heavy atom. The highest BCUT2D eigenvalue weighted by molar-refractivity contribution is 5.16.